The van der Waals surface area contributed by atoms with E-state index in [9.17, 15) is 4.79 Å². The standard InChI is InChI=1S/C36H53N7O3/c1-27-25-41(36(5)17-21-40(22-18-36)34(44)46-35(2,3)4)23-24-42(27)33(43-32-10-8-7-9-31(32)37-38-43)29-15-19-39(20-16-29)26-28-11-13-30(45-6)14-12-28/h7-14,27,29,33H,15-26H2,1-6H3. The molecule has 3 aliphatic heterocycles. The predicted octanol–water partition coefficient (Wildman–Crippen LogP) is 5.65. The van der Waals surface area contributed by atoms with Crippen LogP contribution in [0.2, 0.25) is 0 Å². The molecule has 0 bridgehead atoms. The molecule has 10 heteroatoms. The Bertz CT molecular complexity index is 1450. The van der Waals surface area contributed by atoms with Crippen molar-refractivity contribution in [2.75, 3.05) is 52.9 Å². The molecule has 0 saturated carbocycles. The summed E-state index contributed by atoms with van der Waals surface area (Å²) < 4.78 is 13.2. The zero-order chi connectivity index (χ0) is 32.5. The summed E-state index contributed by atoms with van der Waals surface area (Å²) in [4.78, 5) is 22.6. The van der Waals surface area contributed by atoms with E-state index in [1.165, 1.54) is 5.56 Å². The van der Waals surface area contributed by atoms with Crippen LogP contribution in [0.25, 0.3) is 11.0 Å². The summed E-state index contributed by atoms with van der Waals surface area (Å²) in [5.74, 6) is 1.39. The van der Waals surface area contributed by atoms with Gasteiger partial charge in [-0.1, -0.05) is 29.5 Å². The summed E-state index contributed by atoms with van der Waals surface area (Å²) in [6, 6.07) is 17.2. The Kier molecular flexibility index (Phi) is 9.60. The third-order valence-corrected chi connectivity index (χ3v) is 10.5. The monoisotopic (exact) mass is 631 g/mol. The van der Waals surface area contributed by atoms with Gasteiger partial charge in [-0.3, -0.25) is 14.7 Å². The Balaban J connectivity index is 1.13. The normalized spacial score (nSPS) is 23.0. The van der Waals surface area contributed by atoms with E-state index in [4.69, 9.17) is 14.7 Å². The number of methoxy groups -OCH3 is 1. The Morgan fingerprint density at radius 3 is 2.33 bits per heavy atom. The Hall–Kier alpha value is -3.21. The first-order valence-corrected chi connectivity index (χ1v) is 17.2. The molecule has 6 rings (SSSR count). The fourth-order valence-electron chi connectivity index (χ4n) is 7.76. The third kappa shape index (κ3) is 7.19. The number of hydrogen-bond acceptors (Lipinski definition) is 8. The van der Waals surface area contributed by atoms with Crippen LogP contribution in [-0.2, 0) is 11.3 Å². The second-order valence-corrected chi connectivity index (χ2v) is 14.9. The first kappa shape index (κ1) is 32.7. The number of hydrogen-bond donors (Lipinski definition) is 0. The predicted molar refractivity (Wildman–Crippen MR) is 181 cm³/mol. The SMILES string of the molecule is COc1ccc(CN2CCC(C(N3CCN(C4(C)CCN(C(=O)OC(C)(C)C)CC4)CC3C)n3nnc4ccccc43)CC2)cc1. The van der Waals surface area contributed by atoms with Gasteiger partial charge in [0.15, 0.2) is 0 Å². The molecule has 1 aromatic heterocycles. The molecule has 2 aromatic carbocycles. The molecule has 0 spiro atoms. The number of piperidine rings is 2. The van der Waals surface area contributed by atoms with Crippen molar-refractivity contribution in [2.24, 2.45) is 5.92 Å². The number of carbonyl (C=O) groups excluding carboxylic acids is 1. The molecule has 0 radical (unpaired) electrons. The number of amides is 1. The van der Waals surface area contributed by atoms with Gasteiger partial charge < -0.3 is 14.4 Å². The van der Waals surface area contributed by atoms with E-state index in [0.29, 0.717) is 12.0 Å². The number of para-hydroxylation sites is 1. The number of likely N-dealkylation sites (tertiary alicyclic amines) is 2. The third-order valence-electron chi connectivity index (χ3n) is 10.5. The van der Waals surface area contributed by atoms with Crippen molar-refractivity contribution >= 4 is 17.1 Å². The fourth-order valence-corrected chi connectivity index (χ4v) is 7.76. The lowest BCUT2D eigenvalue weighted by Crippen LogP contribution is -2.63. The van der Waals surface area contributed by atoms with E-state index >= 15 is 0 Å². The van der Waals surface area contributed by atoms with E-state index in [0.717, 1.165) is 94.8 Å². The summed E-state index contributed by atoms with van der Waals surface area (Å²) >= 11 is 0. The van der Waals surface area contributed by atoms with Crippen LogP contribution in [-0.4, -0.2) is 111 Å². The smallest absolute Gasteiger partial charge is 0.410 e. The van der Waals surface area contributed by atoms with Gasteiger partial charge in [-0.2, -0.15) is 0 Å². The van der Waals surface area contributed by atoms with Crippen molar-refractivity contribution in [3.8, 4) is 5.75 Å². The highest BCUT2D eigenvalue weighted by Crippen LogP contribution is 2.38. The van der Waals surface area contributed by atoms with Gasteiger partial charge in [0.2, 0.25) is 0 Å². The van der Waals surface area contributed by atoms with E-state index in [1.54, 1.807) is 7.11 Å². The summed E-state index contributed by atoms with van der Waals surface area (Å²) in [7, 11) is 1.72. The van der Waals surface area contributed by atoms with Crippen LogP contribution in [0.4, 0.5) is 4.79 Å². The van der Waals surface area contributed by atoms with Gasteiger partial charge in [0.25, 0.3) is 0 Å². The first-order chi connectivity index (χ1) is 22.0. The first-order valence-electron chi connectivity index (χ1n) is 17.2. The average Bonchev–Trinajstić information content (AvgIpc) is 3.46. The van der Waals surface area contributed by atoms with Crippen LogP contribution in [0.3, 0.4) is 0 Å². The van der Waals surface area contributed by atoms with Gasteiger partial charge >= 0.3 is 6.09 Å². The zero-order valence-electron chi connectivity index (χ0n) is 28.7. The molecule has 10 nitrogen and oxygen atoms in total. The molecular weight excluding hydrogens is 578 g/mol. The van der Waals surface area contributed by atoms with E-state index in [-0.39, 0.29) is 17.8 Å². The van der Waals surface area contributed by atoms with Crippen LogP contribution < -0.4 is 4.74 Å². The Morgan fingerprint density at radius 1 is 0.978 bits per heavy atom. The number of piperazine rings is 1. The lowest BCUT2D eigenvalue weighted by atomic mass is 9.86. The van der Waals surface area contributed by atoms with Crippen molar-refractivity contribution in [1.82, 2.24) is 34.6 Å². The van der Waals surface area contributed by atoms with Crippen LogP contribution in [0.1, 0.15) is 72.0 Å². The summed E-state index contributed by atoms with van der Waals surface area (Å²) in [5, 5.41) is 9.39. The minimum atomic E-state index is -0.470. The fraction of sp³-hybridized carbons (Fsp3) is 0.639. The molecule has 2 atom stereocenters. The Morgan fingerprint density at radius 2 is 1.67 bits per heavy atom. The van der Waals surface area contributed by atoms with Crippen molar-refractivity contribution < 1.29 is 14.3 Å². The van der Waals surface area contributed by atoms with Crippen LogP contribution in [0.5, 0.6) is 5.75 Å². The minimum absolute atomic E-state index is 0.0705. The van der Waals surface area contributed by atoms with E-state index < -0.39 is 5.60 Å². The van der Waals surface area contributed by atoms with Crippen LogP contribution >= 0.6 is 0 Å². The maximum atomic E-state index is 12.7. The van der Waals surface area contributed by atoms with Gasteiger partial charge in [0.05, 0.1) is 12.6 Å². The molecule has 3 aliphatic rings. The average molecular weight is 632 g/mol. The number of ether oxygens (including phenoxy) is 2. The van der Waals surface area contributed by atoms with Gasteiger partial charge in [-0.25, -0.2) is 9.48 Å². The molecule has 4 heterocycles. The summed E-state index contributed by atoms with van der Waals surface area (Å²) in [6.45, 7) is 18.1. The maximum absolute atomic E-state index is 12.7. The van der Waals surface area contributed by atoms with Gasteiger partial charge in [0.1, 0.15) is 23.0 Å². The second kappa shape index (κ2) is 13.5. The largest absolute Gasteiger partial charge is 0.497 e. The highest BCUT2D eigenvalue weighted by molar-refractivity contribution is 5.74. The molecule has 0 aliphatic carbocycles. The molecule has 46 heavy (non-hydrogen) atoms. The lowest BCUT2D eigenvalue weighted by molar-refractivity contribution is -0.0661. The minimum Gasteiger partial charge on any atom is -0.497 e. The molecule has 3 fully saturated rings. The number of benzene rings is 2. The zero-order valence-corrected chi connectivity index (χ0v) is 28.7. The number of fused-ring (bicyclic) bond motifs is 1. The molecule has 1 amide bonds. The lowest BCUT2D eigenvalue weighted by Gasteiger charge is -2.53. The molecule has 3 saturated heterocycles. The van der Waals surface area contributed by atoms with E-state index in [2.05, 4.69) is 80.8 Å². The number of carbonyl (C=O) groups is 1. The molecule has 0 N–H and O–H groups in total. The van der Waals surface area contributed by atoms with Crippen molar-refractivity contribution in [3.05, 3.63) is 54.1 Å². The van der Waals surface area contributed by atoms with E-state index in [1.807, 2.05) is 31.7 Å². The van der Waals surface area contributed by atoms with Gasteiger partial charge in [0, 0.05) is 50.8 Å². The van der Waals surface area contributed by atoms with Crippen molar-refractivity contribution in [3.63, 3.8) is 0 Å². The summed E-state index contributed by atoms with van der Waals surface area (Å²) in [6.07, 6.45) is 4.14. The molecular formula is C36H53N7O3. The molecule has 2 unspecified atom stereocenters. The highest BCUT2D eigenvalue weighted by Gasteiger charge is 2.43. The number of aromatic nitrogens is 3. The van der Waals surface area contributed by atoms with Crippen molar-refractivity contribution in [2.45, 2.75) is 90.2 Å². The number of nitrogens with zero attached hydrogens (tertiary/aromatic N) is 7. The van der Waals surface area contributed by atoms with Crippen LogP contribution in [0.15, 0.2) is 48.5 Å². The summed E-state index contributed by atoms with van der Waals surface area (Å²) in [5.41, 5.74) is 3.00. The molecule has 250 valence electrons. The second-order valence-electron chi connectivity index (χ2n) is 14.9. The van der Waals surface area contributed by atoms with Crippen LogP contribution in [0, 0.1) is 5.92 Å². The van der Waals surface area contributed by atoms with Gasteiger partial charge in [-0.05, 0) is 109 Å². The topological polar surface area (TPSA) is 79.2 Å². The highest BCUT2D eigenvalue weighted by atomic mass is 16.6. The molecule has 3 aromatic rings. The quantitative estimate of drug-likeness (QED) is 0.331. The number of rotatable bonds is 7. The maximum Gasteiger partial charge on any atom is 0.410 e. The van der Waals surface area contributed by atoms with Crippen molar-refractivity contribution in [1.29, 1.82) is 0 Å². The van der Waals surface area contributed by atoms with Gasteiger partial charge in [-0.15, -0.1) is 5.10 Å². The Labute approximate surface area is 274 Å².